The summed E-state index contributed by atoms with van der Waals surface area (Å²) in [5, 5.41) is 8.99. The van der Waals surface area contributed by atoms with Crippen molar-refractivity contribution in [3.05, 3.63) is 46.6 Å². The molecule has 0 atom stereocenters. The summed E-state index contributed by atoms with van der Waals surface area (Å²) in [7, 11) is 0. The second kappa shape index (κ2) is 9.30. The molecule has 1 aromatic heterocycles. The largest absolute Gasteiger partial charge is 0.396 e. The van der Waals surface area contributed by atoms with Gasteiger partial charge in [0.15, 0.2) is 0 Å². The van der Waals surface area contributed by atoms with Gasteiger partial charge in [0.1, 0.15) is 0 Å². The third kappa shape index (κ3) is 4.85. The lowest BCUT2D eigenvalue weighted by atomic mass is 9.72. The van der Waals surface area contributed by atoms with Crippen LogP contribution in [0, 0.1) is 18.8 Å². The Morgan fingerprint density at radius 2 is 1.80 bits per heavy atom. The molecule has 2 aliphatic carbocycles. The quantitative estimate of drug-likeness (QED) is 0.471. The zero-order valence-electron chi connectivity index (χ0n) is 19.4. The summed E-state index contributed by atoms with van der Waals surface area (Å²) in [6, 6.07) is 9.53. The molecule has 1 heterocycles. The van der Waals surface area contributed by atoms with E-state index in [0.29, 0.717) is 12.0 Å². The lowest BCUT2D eigenvalue weighted by molar-refractivity contribution is 0.241. The highest BCUT2D eigenvalue weighted by Gasteiger charge is 2.27. The Labute approximate surface area is 183 Å². The van der Waals surface area contributed by atoms with Gasteiger partial charge in [-0.2, -0.15) is 0 Å². The molecule has 0 bridgehead atoms. The number of nitrogens with one attached hydrogen (secondary N) is 1. The summed E-state index contributed by atoms with van der Waals surface area (Å²) in [6.07, 6.45) is 14.0. The maximum Gasteiger partial charge on any atom is 0.0458 e. The highest BCUT2D eigenvalue weighted by molar-refractivity contribution is 5.64. The number of fused-ring (bicyclic) bond motifs is 1. The van der Waals surface area contributed by atoms with Crippen LogP contribution in [0.2, 0.25) is 0 Å². The monoisotopic (exact) mass is 407 g/mol. The molecule has 0 amide bonds. The normalized spacial score (nSPS) is 23.3. The van der Waals surface area contributed by atoms with Gasteiger partial charge >= 0.3 is 0 Å². The first-order chi connectivity index (χ1) is 14.5. The Bertz CT molecular complexity index is 838. The van der Waals surface area contributed by atoms with Crippen LogP contribution in [-0.2, 0) is 18.3 Å². The van der Waals surface area contributed by atoms with Crippen LogP contribution < -0.4 is 0 Å². The Morgan fingerprint density at radius 1 is 1.03 bits per heavy atom. The Balaban J connectivity index is 1.40. The van der Waals surface area contributed by atoms with E-state index < -0.39 is 0 Å². The highest BCUT2D eigenvalue weighted by Crippen LogP contribution is 2.39. The molecule has 4 rings (SSSR count). The number of aliphatic hydroxyl groups excluding tert-OH is 1. The van der Waals surface area contributed by atoms with Crippen molar-refractivity contribution in [2.24, 2.45) is 11.8 Å². The molecule has 0 unspecified atom stereocenters. The van der Waals surface area contributed by atoms with Crippen LogP contribution >= 0.6 is 0 Å². The van der Waals surface area contributed by atoms with Crippen molar-refractivity contribution in [1.82, 2.24) is 4.98 Å². The lowest BCUT2D eigenvalue weighted by Crippen LogP contribution is -2.23. The number of aromatic nitrogens is 1. The zero-order chi connectivity index (χ0) is 21.1. The van der Waals surface area contributed by atoms with Crippen molar-refractivity contribution in [3.8, 4) is 11.3 Å². The van der Waals surface area contributed by atoms with E-state index in [1.54, 1.807) is 11.1 Å². The predicted octanol–water partition coefficient (Wildman–Crippen LogP) is 7.12. The summed E-state index contributed by atoms with van der Waals surface area (Å²) >= 11 is 0. The van der Waals surface area contributed by atoms with Crippen molar-refractivity contribution in [2.75, 3.05) is 6.61 Å². The Morgan fingerprint density at radius 3 is 2.57 bits per heavy atom. The van der Waals surface area contributed by atoms with E-state index in [4.69, 9.17) is 5.11 Å². The summed E-state index contributed by atoms with van der Waals surface area (Å²) in [6.45, 7) is 7.41. The number of rotatable bonds is 7. The number of hydrogen-bond donors (Lipinski definition) is 2. The Hall–Kier alpha value is -1.54. The minimum atomic E-state index is 0.319. The van der Waals surface area contributed by atoms with E-state index in [0.717, 1.165) is 18.3 Å². The fraction of sp³-hybridized carbons (Fsp3) is 0.643. The van der Waals surface area contributed by atoms with Crippen LogP contribution in [0.1, 0.15) is 94.0 Å². The minimum absolute atomic E-state index is 0.319. The number of aryl methyl sites for hydroxylation is 2. The molecule has 0 spiro atoms. The van der Waals surface area contributed by atoms with Gasteiger partial charge in [-0.1, -0.05) is 51.7 Å². The van der Waals surface area contributed by atoms with Gasteiger partial charge in [-0.3, -0.25) is 0 Å². The molecule has 0 saturated heterocycles. The molecule has 1 fully saturated rings. The first-order valence-corrected chi connectivity index (χ1v) is 12.4. The number of benzene rings is 1. The summed E-state index contributed by atoms with van der Waals surface area (Å²) in [4.78, 5) is 3.80. The molecular weight excluding hydrogens is 366 g/mol. The number of aromatic amines is 1. The molecule has 0 radical (unpaired) electrons. The first-order valence-electron chi connectivity index (χ1n) is 12.4. The molecule has 0 aliphatic heterocycles. The Kier molecular flexibility index (Phi) is 6.72. The third-order valence-electron chi connectivity index (χ3n) is 8.00. The molecule has 1 saturated carbocycles. The number of hydrogen-bond acceptors (Lipinski definition) is 1. The molecule has 30 heavy (non-hydrogen) atoms. The average Bonchev–Trinajstić information content (AvgIpc) is 3.09. The van der Waals surface area contributed by atoms with Gasteiger partial charge in [-0.05, 0) is 104 Å². The smallest absolute Gasteiger partial charge is 0.0458 e. The lowest BCUT2D eigenvalue weighted by Gasteiger charge is -2.32. The van der Waals surface area contributed by atoms with Crippen molar-refractivity contribution >= 4 is 0 Å². The predicted molar refractivity (Wildman–Crippen MR) is 127 cm³/mol. The second-order valence-electron chi connectivity index (χ2n) is 10.8. The van der Waals surface area contributed by atoms with Crippen LogP contribution in [-0.4, -0.2) is 16.7 Å². The van der Waals surface area contributed by atoms with Gasteiger partial charge in [-0.25, -0.2) is 0 Å². The van der Waals surface area contributed by atoms with Crippen LogP contribution in [0.3, 0.4) is 0 Å². The maximum atomic E-state index is 8.99. The van der Waals surface area contributed by atoms with Gasteiger partial charge in [0.25, 0.3) is 0 Å². The fourth-order valence-corrected chi connectivity index (χ4v) is 6.01. The molecule has 2 heteroatoms. The highest BCUT2D eigenvalue weighted by atomic mass is 16.2. The fourth-order valence-electron chi connectivity index (χ4n) is 6.01. The van der Waals surface area contributed by atoms with Gasteiger partial charge in [0.2, 0.25) is 0 Å². The van der Waals surface area contributed by atoms with Crippen molar-refractivity contribution in [3.63, 3.8) is 0 Å². The van der Waals surface area contributed by atoms with Gasteiger partial charge in [0, 0.05) is 18.0 Å². The van der Waals surface area contributed by atoms with Crippen LogP contribution in [0.4, 0.5) is 0 Å². The standard InChI is InChI=1S/C28H41NO/c1-20-17-27(24-13-14-25-23(19-24)8-6-15-28(25,2)3)29-26(20)18-22-11-9-21(10-12-22)7-4-5-16-30/h13-14,17,19,21-22,29-30H,4-12,15-16,18H2,1-3H3. The molecule has 2 aromatic rings. The van der Waals surface area contributed by atoms with Crippen LogP contribution in [0.15, 0.2) is 24.3 Å². The summed E-state index contributed by atoms with van der Waals surface area (Å²) in [5.74, 6) is 1.72. The van der Waals surface area contributed by atoms with Crippen LogP contribution in [0.25, 0.3) is 11.3 Å². The van der Waals surface area contributed by atoms with E-state index in [1.807, 2.05) is 0 Å². The van der Waals surface area contributed by atoms with E-state index in [2.05, 4.69) is 50.0 Å². The zero-order valence-corrected chi connectivity index (χ0v) is 19.4. The number of H-pyrrole nitrogens is 1. The van der Waals surface area contributed by atoms with Crippen molar-refractivity contribution < 1.29 is 5.11 Å². The summed E-state index contributed by atoms with van der Waals surface area (Å²) in [5.41, 5.74) is 8.95. The third-order valence-corrected chi connectivity index (χ3v) is 8.00. The minimum Gasteiger partial charge on any atom is -0.396 e. The second-order valence-corrected chi connectivity index (χ2v) is 10.8. The number of unbranched alkanes of at least 4 members (excludes halogenated alkanes) is 1. The van der Waals surface area contributed by atoms with Crippen molar-refractivity contribution in [1.29, 1.82) is 0 Å². The molecule has 2 aliphatic rings. The van der Waals surface area contributed by atoms with E-state index in [9.17, 15) is 0 Å². The molecule has 1 aromatic carbocycles. The molecule has 2 nitrogen and oxygen atoms in total. The SMILES string of the molecule is Cc1cc(-c2ccc3c(c2)CCCC3(C)C)[nH]c1CC1CCC(CCCCO)CC1. The van der Waals surface area contributed by atoms with Gasteiger partial charge in [0.05, 0.1) is 0 Å². The number of aliphatic hydroxyl groups is 1. The van der Waals surface area contributed by atoms with E-state index in [1.165, 1.54) is 86.7 Å². The van der Waals surface area contributed by atoms with Gasteiger partial charge < -0.3 is 10.1 Å². The molecule has 2 N–H and O–H groups in total. The summed E-state index contributed by atoms with van der Waals surface area (Å²) < 4.78 is 0. The molecule has 164 valence electrons. The van der Waals surface area contributed by atoms with E-state index >= 15 is 0 Å². The van der Waals surface area contributed by atoms with E-state index in [-0.39, 0.29) is 0 Å². The topological polar surface area (TPSA) is 36.0 Å². The molecular formula is C28H41NO. The van der Waals surface area contributed by atoms with Gasteiger partial charge in [-0.15, -0.1) is 0 Å². The first kappa shape index (κ1) is 21.7. The average molecular weight is 408 g/mol. The van der Waals surface area contributed by atoms with Crippen molar-refractivity contribution in [2.45, 2.75) is 96.8 Å². The van der Waals surface area contributed by atoms with Crippen LogP contribution in [0.5, 0.6) is 0 Å². The maximum absolute atomic E-state index is 8.99.